The molecule has 1 amide bonds. The van der Waals surface area contributed by atoms with Gasteiger partial charge in [-0.2, -0.15) is 0 Å². The zero-order valence-electron chi connectivity index (χ0n) is 14.5. The van der Waals surface area contributed by atoms with Crippen LogP contribution in [0, 0.1) is 0 Å². The number of methoxy groups -OCH3 is 1. The Morgan fingerprint density at radius 1 is 0.923 bits per heavy atom. The average molecular weight is 355 g/mol. The first kappa shape index (κ1) is 19.2. The van der Waals surface area contributed by atoms with E-state index in [1.165, 1.54) is 13.2 Å². The van der Waals surface area contributed by atoms with Crippen molar-refractivity contribution in [1.29, 1.82) is 0 Å². The highest BCUT2D eigenvalue weighted by atomic mass is 16.6. The molecule has 6 heteroatoms. The molecule has 0 heterocycles. The summed E-state index contributed by atoms with van der Waals surface area (Å²) in [5.41, 5.74) is 1.83. The molecular formula is C20H21NO5. The molecule has 0 radical (unpaired) electrons. The fraction of sp³-hybridized carbons (Fsp3) is 0.200. The van der Waals surface area contributed by atoms with Crippen molar-refractivity contribution < 1.29 is 23.8 Å². The van der Waals surface area contributed by atoms with Gasteiger partial charge in [0.2, 0.25) is 0 Å². The van der Waals surface area contributed by atoms with Gasteiger partial charge in [-0.05, 0) is 17.2 Å². The second-order valence-electron chi connectivity index (χ2n) is 5.30. The van der Waals surface area contributed by atoms with Gasteiger partial charge < -0.3 is 14.2 Å². The molecule has 0 aliphatic carbocycles. The summed E-state index contributed by atoms with van der Waals surface area (Å²) < 4.78 is 15.2. The molecule has 0 atom stereocenters. The Hall–Kier alpha value is -3.12. The smallest absolute Gasteiger partial charge is 0.412 e. The van der Waals surface area contributed by atoms with Gasteiger partial charge >= 0.3 is 12.1 Å². The minimum atomic E-state index is -0.742. The number of carbonyl (C=O) groups excluding carboxylic acids is 2. The van der Waals surface area contributed by atoms with E-state index in [0.717, 1.165) is 11.1 Å². The van der Waals surface area contributed by atoms with Crippen molar-refractivity contribution in [1.82, 2.24) is 5.32 Å². The first-order valence-corrected chi connectivity index (χ1v) is 8.07. The van der Waals surface area contributed by atoms with Gasteiger partial charge in [0.1, 0.15) is 12.3 Å². The third kappa shape index (κ3) is 6.78. The number of esters is 1. The first-order chi connectivity index (χ1) is 12.7. The highest BCUT2D eigenvalue weighted by Crippen LogP contribution is 2.03. The van der Waals surface area contributed by atoms with Crippen LogP contribution < -0.4 is 5.32 Å². The van der Waals surface area contributed by atoms with E-state index in [1.54, 1.807) is 0 Å². The van der Waals surface area contributed by atoms with E-state index >= 15 is 0 Å². The van der Waals surface area contributed by atoms with Crippen LogP contribution in [0.1, 0.15) is 11.1 Å². The summed E-state index contributed by atoms with van der Waals surface area (Å²) in [4.78, 5) is 23.6. The lowest BCUT2D eigenvalue weighted by Gasteiger charge is -2.09. The molecule has 0 saturated heterocycles. The van der Waals surface area contributed by atoms with Crippen LogP contribution in [-0.2, 0) is 32.2 Å². The van der Waals surface area contributed by atoms with Gasteiger partial charge in [-0.25, -0.2) is 9.59 Å². The summed E-state index contributed by atoms with van der Waals surface area (Å²) in [6, 6.07) is 18.9. The molecule has 2 aromatic rings. The van der Waals surface area contributed by atoms with Gasteiger partial charge in [-0.15, -0.1) is 0 Å². The summed E-state index contributed by atoms with van der Waals surface area (Å²) in [5, 5.41) is 2.38. The number of benzene rings is 2. The predicted octanol–water partition coefficient (Wildman–Crippen LogP) is 3.19. The molecule has 0 aliphatic rings. The molecule has 0 aliphatic heterocycles. The third-order valence-electron chi connectivity index (χ3n) is 3.37. The van der Waals surface area contributed by atoms with E-state index in [9.17, 15) is 9.59 Å². The number of ether oxygens (including phenoxy) is 3. The van der Waals surface area contributed by atoms with Crippen LogP contribution in [0.25, 0.3) is 0 Å². The first-order valence-electron chi connectivity index (χ1n) is 8.07. The zero-order valence-corrected chi connectivity index (χ0v) is 14.5. The van der Waals surface area contributed by atoms with Gasteiger partial charge in [-0.3, -0.25) is 5.32 Å². The van der Waals surface area contributed by atoms with Crippen molar-refractivity contribution in [3.05, 3.63) is 83.6 Å². The van der Waals surface area contributed by atoms with Crippen LogP contribution in [0.15, 0.2) is 72.4 Å². The normalized spacial score (nSPS) is 10.9. The summed E-state index contributed by atoms with van der Waals surface area (Å²) in [6.45, 7) is 0.633. The van der Waals surface area contributed by atoms with Crippen LogP contribution in [0.4, 0.5) is 4.79 Å². The van der Waals surface area contributed by atoms with Gasteiger partial charge in [-0.1, -0.05) is 60.7 Å². The molecule has 6 nitrogen and oxygen atoms in total. The second kappa shape index (κ2) is 10.7. The molecule has 0 aromatic heterocycles. The minimum absolute atomic E-state index is 0.0291. The Kier molecular flexibility index (Phi) is 7.89. The number of amides is 1. The highest BCUT2D eigenvalue weighted by Gasteiger charge is 2.14. The van der Waals surface area contributed by atoms with Crippen molar-refractivity contribution >= 4 is 12.1 Å². The molecule has 2 aromatic carbocycles. The average Bonchev–Trinajstić information content (AvgIpc) is 2.69. The summed E-state index contributed by atoms with van der Waals surface area (Å²) in [7, 11) is 1.23. The third-order valence-corrected chi connectivity index (χ3v) is 3.37. The van der Waals surface area contributed by atoms with Crippen LogP contribution >= 0.6 is 0 Å². The van der Waals surface area contributed by atoms with Crippen molar-refractivity contribution in [3.8, 4) is 0 Å². The molecule has 1 N–H and O–H groups in total. The summed E-state index contributed by atoms with van der Waals surface area (Å²) in [5.74, 6) is -0.676. The van der Waals surface area contributed by atoms with Gasteiger partial charge in [0.15, 0.2) is 0 Å². The molecular weight excluding hydrogens is 334 g/mol. The Balaban J connectivity index is 1.83. The fourth-order valence-corrected chi connectivity index (χ4v) is 2.06. The summed E-state index contributed by atoms with van der Waals surface area (Å²) in [6.07, 6.45) is 0.701. The number of alkyl carbamates (subject to hydrolysis) is 1. The maximum Gasteiger partial charge on any atom is 0.412 e. The molecule has 136 valence electrons. The van der Waals surface area contributed by atoms with Crippen LogP contribution in [-0.4, -0.2) is 25.8 Å². The molecule has 0 unspecified atom stereocenters. The lowest BCUT2D eigenvalue weighted by molar-refractivity contribution is -0.136. The number of hydrogen-bond acceptors (Lipinski definition) is 5. The van der Waals surface area contributed by atoms with E-state index in [0.29, 0.717) is 6.61 Å². The van der Waals surface area contributed by atoms with Crippen molar-refractivity contribution in [2.75, 3.05) is 13.7 Å². The topological polar surface area (TPSA) is 73.9 Å². The van der Waals surface area contributed by atoms with Gasteiger partial charge in [0.05, 0.1) is 20.3 Å². The molecule has 2 rings (SSSR count). The van der Waals surface area contributed by atoms with Crippen LogP contribution in [0.3, 0.4) is 0 Å². The maximum atomic E-state index is 11.9. The summed E-state index contributed by atoms with van der Waals surface area (Å²) >= 11 is 0. The number of hydrogen-bond donors (Lipinski definition) is 1. The largest absolute Gasteiger partial charge is 0.464 e. The van der Waals surface area contributed by atoms with E-state index < -0.39 is 12.1 Å². The minimum Gasteiger partial charge on any atom is -0.464 e. The maximum absolute atomic E-state index is 11.9. The van der Waals surface area contributed by atoms with E-state index in [-0.39, 0.29) is 18.9 Å². The highest BCUT2D eigenvalue weighted by molar-refractivity contribution is 5.92. The molecule has 26 heavy (non-hydrogen) atoms. The number of carbonyl (C=O) groups is 2. The number of rotatable bonds is 8. The molecule has 0 fully saturated rings. The van der Waals surface area contributed by atoms with Crippen LogP contribution in [0.5, 0.6) is 0 Å². The lowest BCUT2D eigenvalue weighted by atomic mass is 10.2. The Bertz CT molecular complexity index is 728. The Morgan fingerprint density at radius 3 is 2.08 bits per heavy atom. The standard InChI is InChI=1S/C20H21NO5/c1-24-19(22)18(12-13-25-14-16-8-4-2-5-9-16)21-20(23)26-15-17-10-6-3-7-11-17/h2-12H,13-15H2,1H3,(H,21,23)/b18-12-. The van der Waals surface area contributed by atoms with Gasteiger partial charge in [0.25, 0.3) is 0 Å². The number of nitrogens with one attached hydrogen (secondary N) is 1. The Morgan fingerprint density at radius 2 is 1.50 bits per heavy atom. The van der Waals surface area contributed by atoms with Crippen molar-refractivity contribution in [2.45, 2.75) is 13.2 Å². The quantitative estimate of drug-likeness (QED) is 0.447. The lowest BCUT2D eigenvalue weighted by Crippen LogP contribution is -2.29. The van der Waals surface area contributed by atoms with E-state index in [4.69, 9.17) is 9.47 Å². The predicted molar refractivity (Wildman–Crippen MR) is 96.0 cm³/mol. The van der Waals surface area contributed by atoms with Crippen molar-refractivity contribution in [3.63, 3.8) is 0 Å². The van der Waals surface area contributed by atoms with Gasteiger partial charge in [0, 0.05) is 0 Å². The van der Waals surface area contributed by atoms with E-state index in [2.05, 4.69) is 10.1 Å². The van der Waals surface area contributed by atoms with E-state index in [1.807, 2.05) is 60.7 Å². The Labute approximate surface area is 152 Å². The van der Waals surface area contributed by atoms with Crippen molar-refractivity contribution in [2.24, 2.45) is 0 Å². The zero-order chi connectivity index (χ0) is 18.6. The second-order valence-corrected chi connectivity index (χ2v) is 5.30. The monoisotopic (exact) mass is 355 g/mol. The molecule has 0 bridgehead atoms. The molecule has 0 saturated carbocycles. The SMILES string of the molecule is COC(=O)/C(=C/COCc1ccccc1)NC(=O)OCc1ccccc1. The van der Waals surface area contributed by atoms with Crippen LogP contribution in [0.2, 0.25) is 0 Å². The fourth-order valence-electron chi connectivity index (χ4n) is 2.06. The molecule has 0 spiro atoms.